The molecule has 0 aromatic carbocycles. The Morgan fingerprint density at radius 1 is 1.37 bits per heavy atom. The summed E-state index contributed by atoms with van der Waals surface area (Å²) < 4.78 is 5.55. The normalized spacial score (nSPS) is 26.3. The van der Waals surface area contributed by atoms with E-state index < -0.39 is 0 Å². The van der Waals surface area contributed by atoms with Gasteiger partial charge in [-0.05, 0) is 25.7 Å². The van der Waals surface area contributed by atoms with Crippen LogP contribution in [0.15, 0.2) is 0 Å². The summed E-state index contributed by atoms with van der Waals surface area (Å²) in [6.07, 6.45) is 7.08. The predicted octanol–water partition coefficient (Wildman–Crippen LogP) is 1.87. The molecular formula is C14H27ClN2O2. The summed E-state index contributed by atoms with van der Waals surface area (Å²) in [5.41, 5.74) is 0. The van der Waals surface area contributed by atoms with Crippen molar-refractivity contribution in [2.75, 3.05) is 19.7 Å². The van der Waals surface area contributed by atoms with E-state index in [1.165, 1.54) is 32.1 Å². The lowest BCUT2D eigenvalue weighted by atomic mass is 9.84. The summed E-state index contributed by atoms with van der Waals surface area (Å²) >= 11 is 0. The van der Waals surface area contributed by atoms with Crippen LogP contribution in [0.2, 0.25) is 0 Å². The van der Waals surface area contributed by atoms with Gasteiger partial charge in [0.25, 0.3) is 0 Å². The van der Waals surface area contributed by atoms with Crippen LogP contribution < -0.4 is 10.6 Å². The zero-order valence-electron chi connectivity index (χ0n) is 11.8. The minimum absolute atomic E-state index is 0. The Morgan fingerprint density at radius 3 is 2.74 bits per heavy atom. The second kappa shape index (κ2) is 8.77. The van der Waals surface area contributed by atoms with Crippen LogP contribution >= 0.6 is 12.4 Å². The predicted molar refractivity (Wildman–Crippen MR) is 78.7 cm³/mol. The quantitative estimate of drug-likeness (QED) is 0.831. The lowest BCUT2D eigenvalue weighted by Crippen LogP contribution is -2.44. The van der Waals surface area contributed by atoms with Crippen LogP contribution in [0.25, 0.3) is 0 Å². The Hall–Kier alpha value is -0.320. The van der Waals surface area contributed by atoms with Crippen molar-refractivity contribution in [3.8, 4) is 0 Å². The van der Waals surface area contributed by atoms with E-state index in [1.807, 2.05) is 0 Å². The molecule has 0 bridgehead atoms. The SMILES string of the molecule is CC(NC(=O)CC1CNCCO1)C1CCCCC1.Cl. The Labute approximate surface area is 122 Å². The Bertz CT molecular complexity index is 264. The number of carbonyl (C=O) groups is 1. The molecule has 0 aromatic heterocycles. The maximum Gasteiger partial charge on any atom is 0.222 e. The van der Waals surface area contributed by atoms with Crippen LogP contribution in [0.5, 0.6) is 0 Å². The Balaban J connectivity index is 0.00000180. The van der Waals surface area contributed by atoms with Gasteiger partial charge < -0.3 is 15.4 Å². The third-order valence-corrected chi connectivity index (χ3v) is 4.16. The van der Waals surface area contributed by atoms with Gasteiger partial charge in [0.15, 0.2) is 0 Å². The number of halogens is 1. The molecule has 2 N–H and O–H groups in total. The lowest BCUT2D eigenvalue weighted by Gasteiger charge is -2.29. The van der Waals surface area contributed by atoms with Gasteiger partial charge in [0.2, 0.25) is 5.91 Å². The molecule has 2 unspecified atom stereocenters. The molecule has 2 atom stereocenters. The highest BCUT2D eigenvalue weighted by molar-refractivity contribution is 5.85. The first-order valence-corrected chi connectivity index (χ1v) is 7.37. The zero-order valence-corrected chi connectivity index (χ0v) is 12.6. The topological polar surface area (TPSA) is 50.4 Å². The first-order valence-electron chi connectivity index (χ1n) is 7.37. The number of hydrogen-bond acceptors (Lipinski definition) is 3. The molecule has 1 amide bonds. The third-order valence-electron chi connectivity index (χ3n) is 4.16. The molecule has 0 aromatic rings. The fourth-order valence-electron chi connectivity index (χ4n) is 3.02. The minimum atomic E-state index is 0. The van der Waals surface area contributed by atoms with E-state index >= 15 is 0 Å². The molecule has 2 rings (SSSR count). The lowest BCUT2D eigenvalue weighted by molar-refractivity contribution is -0.125. The molecule has 0 spiro atoms. The molecule has 4 nitrogen and oxygen atoms in total. The molecule has 0 radical (unpaired) electrons. The van der Waals surface area contributed by atoms with Gasteiger partial charge in [0.05, 0.1) is 19.1 Å². The van der Waals surface area contributed by atoms with Crippen molar-refractivity contribution >= 4 is 18.3 Å². The molecule has 1 saturated carbocycles. The summed E-state index contributed by atoms with van der Waals surface area (Å²) in [6.45, 7) is 4.56. The van der Waals surface area contributed by atoms with Crippen molar-refractivity contribution in [1.29, 1.82) is 0 Å². The van der Waals surface area contributed by atoms with Gasteiger partial charge in [0.1, 0.15) is 0 Å². The zero-order chi connectivity index (χ0) is 12.8. The monoisotopic (exact) mass is 290 g/mol. The maximum atomic E-state index is 11.9. The fraction of sp³-hybridized carbons (Fsp3) is 0.929. The van der Waals surface area contributed by atoms with Gasteiger partial charge in [-0.3, -0.25) is 4.79 Å². The van der Waals surface area contributed by atoms with Crippen molar-refractivity contribution in [3.05, 3.63) is 0 Å². The Kier molecular flexibility index (Phi) is 7.73. The van der Waals surface area contributed by atoms with E-state index in [2.05, 4.69) is 17.6 Å². The fourth-order valence-corrected chi connectivity index (χ4v) is 3.02. The molecule has 1 saturated heterocycles. The van der Waals surface area contributed by atoms with Crippen molar-refractivity contribution < 1.29 is 9.53 Å². The summed E-state index contributed by atoms with van der Waals surface area (Å²) in [6, 6.07) is 0.314. The summed E-state index contributed by atoms with van der Waals surface area (Å²) in [5, 5.41) is 6.40. The largest absolute Gasteiger partial charge is 0.375 e. The minimum Gasteiger partial charge on any atom is -0.375 e. The van der Waals surface area contributed by atoms with Gasteiger partial charge in [0, 0.05) is 19.1 Å². The number of nitrogens with one attached hydrogen (secondary N) is 2. The standard InChI is InChI=1S/C14H26N2O2.ClH/c1-11(12-5-3-2-4-6-12)16-14(17)9-13-10-15-7-8-18-13;/h11-13,15H,2-10H2,1H3,(H,16,17);1H. The molecule has 5 heteroatoms. The van der Waals surface area contributed by atoms with E-state index in [-0.39, 0.29) is 24.4 Å². The van der Waals surface area contributed by atoms with Gasteiger partial charge in [-0.15, -0.1) is 12.4 Å². The first-order chi connectivity index (χ1) is 8.75. The van der Waals surface area contributed by atoms with Gasteiger partial charge in [-0.1, -0.05) is 19.3 Å². The summed E-state index contributed by atoms with van der Waals surface area (Å²) in [5.74, 6) is 0.815. The number of rotatable bonds is 4. The molecular weight excluding hydrogens is 264 g/mol. The van der Waals surface area contributed by atoms with E-state index in [4.69, 9.17) is 4.74 Å². The molecule has 2 fully saturated rings. The maximum absolute atomic E-state index is 11.9. The van der Waals surface area contributed by atoms with Crippen molar-refractivity contribution in [2.24, 2.45) is 5.92 Å². The van der Waals surface area contributed by atoms with E-state index in [9.17, 15) is 4.79 Å². The van der Waals surface area contributed by atoms with Crippen molar-refractivity contribution in [2.45, 2.75) is 57.6 Å². The first kappa shape index (κ1) is 16.7. The molecule has 2 aliphatic rings. The average molecular weight is 291 g/mol. The number of amides is 1. The average Bonchev–Trinajstić information content (AvgIpc) is 2.40. The second-order valence-electron chi connectivity index (χ2n) is 5.66. The van der Waals surface area contributed by atoms with Gasteiger partial charge in [-0.25, -0.2) is 0 Å². The van der Waals surface area contributed by atoms with Crippen molar-refractivity contribution in [1.82, 2.24) is 10.6 Å². The molecule has 112 valence electrons. The second-order valence-corrected chi connectivity index (χ2v) is 5.66. The highest BCUT2D eigenvalue weighted by atomic mass is 35.5. The number of morpholine rings is 1. The van der Waals surface area contributed by atoms with Crippen LogP contribution in [-0.4, -0.2) is 37.7 Å². The molecule has 1 aliphatic heterocycles. The van der Waals surface area contributed by atoms with Crippen LogP contribution in [0.1, 0.15) is 45.4 Å². The van der Waals surface area contributed by atoms with Crippen LogP contribution in [0.3, 0.4) is 0 Å². The van der Waals surface area contributed by atoms with Crippen LogP contribution in [0.4, 0.5) is 0 Å². The Morgan fingerprint density at radius 2 is 2.11 bits per heavy atom. The summed E-state index contributed by atoms with van der Waals surface area (Å²) in [7, 11) is 0. The smallest absolute Gasteiger partial charge is 0.222 e. The van der Waals surface area contributed by atoms with E-state index in [0.717, 1.165) is 19.7 Å². The van der Waals surface area contributed by atoms with Crippen LogP contribution in [-0.2, 0) is 9.53 Å². The number of ether oxygens (including phenoxy) is 1. The van der Waals surface area contributed by atoms with Crippen molar-refractivity contribution in [3.63, 3.8) is 0 Å². The van der Waals surface area contributed by atoms with Crippen LogP contribution in [0, 0.1) is 5.92 Å². The highest BCUT2D eigenvalue weighted by Gasteiger charge is 2.23. The molecule has 19 heavy (non-hydrogen) atoms. The molecule has 1 aliphatic carbocycles. The number of carbonyl (C=O) groups excluding carboxylic acids is 1. The van der Waals surface area contributed by atoms with E-state index in [0.29, 0.717) is 18.4 Å². The third kappa shape index (κ3) is 5.67. The van der Waals surface area contributed by atoms with E-state index in [1.54, 1.807) is 0 Å². The van der Waals surface area contributed by atoms with Gasteiger partial charge in [-0.2, -0.15) is 0 Å². The van der Waals surface area contributed by atoms with Gasteiger partial charge >= 0.3 is 0 Å². The molecule has 1 heterocycles. The number of hydrogen-bond donors (Lipinski definition) is 2. The summed E-state index contributed by atoms with van der Waals surface area (Å²) in [4.78, 5) is 11.9. The highest BCUT2D eigenvalue weighted by Crippen LogP contribution is 2.26.